The standard InChI is InChI=1S/2C10H8N2.Ir/c2*1-2-4-9(5-3-1)10-6-7-11-8-12-10;/h2*1-8H;/q;;+3. The molecule has 0 saturated carbocycles. The summed E-state index contributed by atoms with van der Waals surface area (Å²) >= 11 is 0. The summed E-state index contributed by atoms with van der Waals surface area (Å²) in [7, 11) is 0. The zero-order valence-corrected chi connectivity index (χ0v) is 15.8. The molecule has 122 valence electrons. The van der Waals surface area contributed by atoms with E-state index in [9.17, 15) is 0 Å². The monoisotopic (exact) mass is 505 g/mol. The molecular formula is C20H16IrN4+3. The maximum absolute atomic E-state index is 4.14. The van der Waals surface area contributed by atoms with Gasteiger partial charge in [-0.15, -0.1) is 0 Å². The fraction of sp³-hybridized carbons (Fsp3) is 0. The minimum Gasteiger partial charge on any atom is -0.245 e. The topological polar surface area (TPSA) is 51.6 Å². The second-order valence-electron chi connectivity index (χ2n) is 4.92. The van der Waals surface area contributed by atoms with E-state index in [1.807, 2.05) is 72.8 Å². The van der Waals surface area contributed by atoms with Crippen LogP contribution in [0.15, 0.2) is 97.8 Å². The Balaban J connectivity index is 0.000000173. The van der Waals surface area contributed by atoms with Gasteiger partial charge in [-0.05, 0) is 12.1 Å². The average Bonchev–Trinajstić information content (AvgIpc) is 2.71. The van der Waals surface area contributed by atoms with E-state index < -0.39 is 0 Å². The van der Waals surface area contributed by atoms with Gasteiger partial charge < -0.3 is 0 Å². The van der Waals surface area contributed by atoms with E-state index in [1.165, 1.54) is 0 Å². The van der Waals surface area contributed by atoms with Crippen molar-refractivity contribution in [2.24, 2.45) is 0 Å². The second kappa shape index (κ2) is 10.2. The first-order valence-corrected chi connectivity index (χ1v) is 7.56. The summed E-state index contributed by atoms with van der Waals surface area (Å²) in [5.41, 5.74) is 4.18. The van der Waals surface area contributed by atoms with Crippen LogP contribution in [0.2, 0.25) is 0 Å². The van der Waals surface area contributed by atoms with Crippen LogP contribution in [0.1, 0.15) is 0 Å². The van der Waals surface area contributed by atoms with Crippen molar-refractivity contribution in [1.82, 2.24) is 19.9 Å². The predicted octanol–water partition coefficient (Wildman–Crippen LogP) is 4.28. The zero-order chi connectivity index (χ0) is 16.5. The summed E-state index contributed by atoms with van der Waals surface area (Å²) in [6.45, 7) is 0. The van der Waals surface area contributed by atoms with Gasteiger partial charge in [0.25, 0.3) is 0 Å². The van der Waals surface area contributed by atoms with Crippen LogP contribution in [0.25, 0.3) is 22.5 Å². The second-order valence-corrected chi connectivity index (χ2v) is 4.92. The molecule has 0 aliphatic rings. The van der Waals surface area contributed by atoms with Crippen molar-refractivity contribution in [2.75, 3.05) is 0 Å². The van der Waals surface area contributed by atoms with Gasteiger partial charge in [-0.1, -0.05) is 60.7 Å². The molecule has 0 saturated heterocycles. The molecule has 0 N–H and O–H groups in total. The third-order valence-electron chi connectivity index (χ3n) is 3.30. The molecule has 0 bridgehead atoms. The Bertz CT molecular complexity index is 692. The SMILES string of the molecule is [Ir+3].c1ccc(-c2ccncn2)cc1.c1ccc(-c2ccncn2)cc1. The van der Waals surface area contributed by atoms with Crippen LogP contribution in [0, 0.1) is 0 Å². The van der Waals surface area contributed by atoms with Crippen LogP contribution in [0.5, 0.6) is 0 Å². The van der Waals surface area contributed by atoms with Crippen LogP contribution >= 0.6 is 0 Å². The maximum Gasteiger partial charge on any atom is 3.00 e. The molecule has 25 heavy (non-hydrogen) atoms. The fourth-order valence-corrected chi connectivity index (χ4v) is 2.14. The van der Waals surface area contributed by atoms with E-state index in [1.54, 1.807) is 25.0 Å². The van der Waals surface area contributed by atoms with Crippen molar-refractivity contribution >= 4 is 0 Å². The van der Waals surface area contributed by atoms with Crippen molar-refractivity contribution in [3.8, 4) is 22.5 Å². The molecule has 0 amide bonds. The molecule has 4 rings (SSSR count). The van der Waals surface area contributed by atoms with E-state index in [4.69, 9.17) is 0 Å². The minimum absolute atomic E-state index is 0. The van der Waals surface area contributed by atoms with Crippen molar-refractivity contribution in [3.05, 3.63) is 97.8 Å². The first kappa shape index (κ1) is 18.6. The van der Waals surface area contributed by atoms with Gasteiger partial charge in [0.1, 0.15) is 12.7 Å². The van der Waals surface area contributed by atoms with Crippen LogP contribution in [0.4, 0.5) is 0 Å². The minimum atomic E-state index is 0. The van der Waals surface area contributed by atoms with Gasteiger partial charge in [-0.25, -0.2) is 19.9 Å². The van der Waals surface area contributed by atoms with Gasteiger partial charge in [0, 0.05) is 23.5 Å². The van der Waals surface area contributed by atoms with Gasteiger partial charge >= 0.3 is 20.1 Å². The fourth-order valence-electron chi connectivity index (χ4n) is 2.14. The summed E-state index contributed by atoms with van der Waals surface area (Å²) in [5, 5.41) is 0. The molecule has 0 radical (unpaired) electrons. The summed E-state index contributed by atoms with van der Waals surface area (Å²) < 4.78 is 0. The molecule has 0 aliphatic heterocycles. The van der Waals surface area contributed by atoms with Gasteiger partial charge in [0.2, 0.25) is 0 Å². The number of rotatable bonds is 2. The molecule has 4 nitrogen and oxygen atoms in total. The zero-order valence-electron chi connectivity index (χ0n) is 13.4. The summed E-state index contributed by atoms with van der Waals surface area (Å²) in [5.74, 6) is 0. The van der Waals surface area contributed by atoms with E-state index in [0.29, 0.717) is 0 Å². The Morgan fingerprint density at radius 1 is 0.480 bits per heavy atom. The van der Waals surface area contributed by atoms with Crippen molar-refractivity contribution in [3.63, 3.8) is 0 Å². The average molecular weight is 505 g/mol. The Morgan fingerprint density at radius 2 is 0.880 bits per heavy atom. The van der Waals surface area contributed by atoms with Crippen molar-refractivity contribution in [1.29, 1.82) is 0 Å². The van der Waals surface area contributed by atoms with Crippen molar-refractivity contribution < 1.29 is 20.1 Å². The van der Waals surface area contributed by atoms with Gasteiger partial charge in [0.05, 0.1) is 11.4 Å². The van der Waals surface area contributed by atoms with E-state index in [0.717, 1.165) is 22.5 Å². The molecule has 0 unspecified atom stereocenters. The quantitative estimate of drug-likeness (QED) is 0.409. The molecule has 4 aromatic rings. The Kier molecular flexibility index (Phi) is 7.57. The number of hydrogen-bond donors (Lipinski definition) is 0. The van der Waals surface area contributed by atoms with Crippen LogP contribution in [0.3, 0.4) is 0 Å². The number of aromatic nitrogens is 4. The third-order valence-corrected chi connectivity index (χ3v) is 3.30. The van der Waals surface area contributed by atoms with Gasteiger partial charge in [-0.3, -0.25) is 0 Å². The normalized spacial score (nSPS) is 9.28. The van der Waals surface area contributed by atoms with Crippen molar-refractivity contribution in [2.45, 2.75) is 0 Å². The Labute approximate surface area is 160 Å². The number of hydrogen-bond acceptors (Lipinski definition) is 4. The maximum atomic E-state index is 4.14. The molecular weight excluding hydrogens is 488 g/mol. The smallest absolute Gasteiger partial charge is 0.245 e. The molecule has 0 spiro atoms. The summed E-state index contributed by atoms with van der Waals surface area (Å²) in [6.07, 6.45) is 6.61. The van der Waals surface area contributed by atoms with E-state index in [2.05, 4.69) is 19.9 Å². The summed E-state index contributed by atoms with van der Waals surface area (Å²) in [6, 6.07) is 23.9. The number of benzene rings is 2. The Morgan fingerprint density at radius 3 is 1.20 bits per heavy atom. The van der Waals surface area contributed by atoms with E-state index >= 15 is 0 Å². The van der Waals surface area contributed by atoms with Gasteiger partial charge in [0.15, 0.2) is 0 Å². The molecule has 2 aromatic heterocycles. The largest absolute Gasteiger partial charge is 3.00 e. The molecule has 2 aromatic carbocycles. The molecule has 0 aliphatic carbocycles. The first-order valence-electron chi connectivity index (χ1n) is 7.56. The van der Waals surface area contributed by atoms with Crippen LogP contribution < -0.4 is 0 Å². The van der Waals surface area contributed by atoms with Crippen LogP contribution in [-0.4, -0.2) is 19.9 Å². The van der Waals surface area contributed by atoms with Gasteiger partial charge in [-0.2, -0.15) is 0 Å². The Hall–Kier alpha value is -2.75. The molecule has 0 atom stereocenters. The summed E-state index contributed by atoms with van der Waals surface area (Å²) in [4.78, 5) is 16.0. The molecule has 2 heterocycles. The molecule has 0 fully saturated rings. The predicted molar refractivity (Wildman–Crippen MR) is 94.9 cm³/mol. The first-order chi connectivity index (χ1) is 11.9. The molecule has 5 heteroatoms. The van der Waals surface area contributed by atoms with Crippen LogP contribution in [-0.2, 0) is 20.1 Å². The van der Waals surface area contributed by atoms with E-state index in [-0.39, 0.29) is 20.1 Å². The third kappa shape index (κ3) is 5.67. The number of nitrogens with zero attached hydrogens (tertiary/aromatic N) is 4.